The van der Waals surface area contributed by atoms with Gasteiger partial charge in [-0.3, -0.25) is 4.90 Å². The van der Waals surface area contributed by atoms with Crippen LogP contribution in [0.25, 0.3) is 0 Å². The van der Waals surface area contributed by atoms with Crippen LogP contribution in [0.15, 0.2) is 6.33 Å². The number of hydrogen-bond donors (Lipinski definition) is 1. The van der Waals surface area contributed by atoms with Crippen LogP contribution in [0.4, 0.5) is 0 Å². The summed E-state index contributed by atoms with van der Waals surface area (Å²) in [6, 6.07) is 0.380. The van der Waals surface area contributed by atoms with E-state index >= 15 is 0 Å². The Morgan fingerprint density at radius 2 is 2.41 bits per heavy atom. The van der Waals surface area contributed by atoms with E-state index in [0.717, 1.165) is 31.8 Å². The molecule has 0 spiro atoms. The lowest BCUT2D eigenvalue weighted by Gasteiger charge is -2.38. The molecule has 0 aliphatic carbocycles. The molecular formula is C11H21N5O. The van der Waals surface area contributed by atoms with Crippen molar-refractivity contribution in [2.75, 3.05) is 20.2 Å². The lowest BCUT2D eigenvalue weighted by Crippen LogP contribution is -2.48. The minimum Gasteiger partial charge on any atom is -0.381 e. The molecule has 96 valence electrons. The van der Waals surface area contributed by atoms with Gasteiger partial charge >= 0.3 is 0 Å². The van der Waals surface area contributed by atoms with Gasteiger partial charge in [0, 0.05) is 33.3 Å². The smallest absolute Gasteiger partial charge is 0.146 e. The van der Waals surface area contributed by atoms with Crippen molar-refractivity contribution in [2.45, 2.75) is 31.5 Å². The zero-order valence-electron chi connectivity index (χ0n) is 10.5. The van der Waals surface area contributed by atoms with Gasteiger partial charge < -0.3 is 15.0 Å². The van der Waals surface area contributed by atoms with E-state index in [9.17, 15) is 0 Å². The van der Waals surface area contributed by atoms with Gasteiger partial charge in [0.1, 0.15) is 12.2 Å². The van der Waals surface area contributed by atoms with Crippen molar-refractivity contribution in [3.63, 3.8) is 0 Å². The molecule has 0 aromatic carbocycles. The van der Waals surface area contributed by atoms with Crippen LogP contribution in [-0.2, 0) is 18.3 Å². The number of ether oxygens (including phenoxy) is 1. The van der Waals surface area contributed by atoms with Gasteiger partial charge in [0.25, 0.3) is 0 Å². The first kappa shape index (κ1) is 12.5. The van der Waals surface area contributed by atoms with Gasteiger partial charge in [0.15, 0.2) is 0 Å². The summed E-state index contributed by atoms with van der Waals surface area (Å²) in [5.41, 5.74) is 5.84. The summed E-state index contributed by atoms with van der Waals surface area (Å²) in [6.07, 6.45) is 4.14. The van der Waals surface area contributed by atoms with E-state index in [-0.39, 0.29) is 0 Å². The Morgan fingerprint density at radius 3 is 3.00 bits per heavy atom. The normalized spacial score (nSPS) is 26.3. The summed E-state index contributed by atoms with van der Waals surface area (Å²) in [7, 11) is 3.74. The van der Waals surface area contributed by atoms with Crippen molar-refractivity contribution in [3.05, 3.63) is 12.2 Å². The highest BCUT2D eigenvalue weighted by atomic mass is 16.5. The molecule has 2 unspecified atom stereocenters. The number of nitrogens with two attached hydrogens (primary N) is 1. The summed E-state index contributed by atoms with van der Waals surface area (Å²) in [4.78, 5) is 2.37. The number of nitrogens with zero attached hydrogens (tertiary/aromatic N) is 4. The molecule has 0 saturated carbocycles. The van der Waals surface area contributed by atoms with E-state index in [0.29, 0.717) is 18.7 Å². The number of aromatic nitrogens is 3. The third-order valence-corrected chi connectivity index (χ3v) is 3.54. The van der Waals surface area contributed by atoms with E-state index in [2.05, 4.69) is 15.1 Å². The van der Waals surface area contributed by atoms with E-state index < -0.39 is 0 Å². The van der Waals surface area contributed by atoms with E-state index in [1.807, 2.05) is 11.6 Å². The van der Waals surface area contributed by atoms with Crippen LogP contribution >= 0.6 is 0 Å². The first-order chi connectivity index (χ1) is 8.24. The monoisotopic (exact) mass is 239 g/mol. The van der Waals surface area contributed by atoms with Gasteiger partial charge in [0.2, 0.25) is 0 Å². The molecule has 6 heteroatoms. The number of hydrogen-bond acceptors (Lipinski definition) is 5. The molecule has 2 rings (SSSR count). The van der Waals surface area contributed by atoms with Crippen LogP contribution in [0.5, 0.6) is 0 Å². The molecule has 0 bridgehead atoms. The maximum Gasteiger partial charge on any atom is 0.146 e. The lowest BCUT2D eigenvalue weighted by molar-refractivity contribution is 0.00900. The highest BCUT2D eigenvalue weighted by molar-refractivity contribution is 4.90. The number of rotatable bonds is 4. The highest BCUT2D eigenvalue weighted by Gasteiger charge is 2.28. The molecule has 1 saturated heterocycles. The first-order valence-corrected chi connectivity index (χ1v) is 6.04. The Kier molecular flexibility index (Phi) is 4.09. The number of methoxy groups -OCH3 is 1. The Bertz CT molecular complexity index is 353. The topological polar surface area (TPSA) is 69.2 Å². The average Bonchev–Trinajstić information content (AvgIpc) is 2.75. The van der Waals surface area contributed by atoms with Crippen LogP contribution in [-0.4, -0.2) is 52.0 Å². The Morgan fingerprint density at radius 1 is 1.59 bits per heavy atom. The van der Waals surface area contributed by atoms with Gasteiger partial charge in [-0.1, -0.05) is 0 Å². The molecule has 1 aliphatic rings. The van der Waals surface area contributed by atoms with Crippen LogP contribution < -0.4 is 5.73 Å². The zero-order valence-corrected chi connectivity index (χ0v) is 10.5. The van der Waals surface area contributed by atoms with Crippen molar-refractivity contribution in [1.29, 1.82) is 0 Å². The summed E-state index contributed by atoms with van der Waals surface area (Å²) >= 11 is 0. The van der Waals surface area contributed by atoms with Gasteiger partial charge in [0.05, 0.1) is 12.6 Å². The maximum absolute atomic E-state index is 5.84. The maximum atomic E-state index is 5.84. The van der Waals surface area contributed by atoms with Crippen molar-refractivity contribution < 1.29 is 4.74 Å². The standard InChI is InChI=1S/C11H21N5O/c1-15-8-13-14-11(15)7-16-4-3-10(17-2)5-9(16)6-12/h8-10H,3-7,12H2,1-2H3. The van der Waals surface area contributed by atoms with Crippen molar-refractivity contribution in [1.82, 2.24) is 19.7 Å². The minimum atomic E-state index is 0.347. The largest absolute Gasteiger partial charge is 0.381 e. The summed E-state index contributed by atoms with van der Waals surface area (Å²) in [5.74, 6) is 0.985. The third-order valence-electron chi connectivity index (χ3n) is 3.54. The second-order valence-electron chi connectivity index (χ2n) is 4.60. The van der Waals surface area contributed by atoms with Crippen molar-refractivity contribution >= 4 is 0 Å². The molecule has 2 heterocycles. The van der Waals surface area contributed by atoms with Gasteiger partial charge in [-0.2, -0.15) is 0 Å². The summed E-state index contributed by atoms with van der Waals surface area (Å²) < 4.78 is 7.37. The number of piperidine rings is 1. The molecule has 0 radical (unpaired) electrons. The molecule has 1 aliphatic heterocycles. The summed E-state index contributed by atoms with van der Waals surface area (Å²) in [5, 5.41) is 8.02. The third kappa shape index (κ3) is 2.83. The van der Waals surface area contributed by atoms with Crippen LogP contribution in [0.1, 0.15) is 18.7 Å². The Labute approximate surface area is 102 Å². The van der Waals surface area contributed by atoms with Gasteiger partial charge in [-0.15, -0.1) is 10.2 Å². The summed E-state index contributed by atoms with van der Waals surface area (Å²) in [6.45, 7) is 2.49. The van der Waals surface area contributed by atoms with Crippen LogP contribution in [0.3, 0.4) is 0 Å². The fourth-order valence-electron chi connectivity index (χ4n) is 2.36. The lowest BCUT2D eigenvalue weighted by atomic mass is 9.99. The Balaban J connectivity index is 1.98. The van der Waals surface area contributed by atoms with E-state index in [1.54, 1.807) is 13.4 Å². The molecule has 2 atom stereocenters. The molecule has 1 aromatic heterocycles. The first-order valence-electron chi connectivity index (χ1n) is 6.04. The van der Waals surface area contributed by atoms with Gasteiger partial charge in [-0.25, -0.2) is 0 Å². The predicted molar refractivity (Wildman–Crippen MR) is 64.3 cm³/mol. The van der Waals surface area contributed by atoms with Crippen LogP contribution in [0, 0.1) is 0 Å². The molecule has 2 N–H and O–H groups in total. The molecule has 1 aromatic rings. The molecule has 1 fully saturated rings. The zero-order chi connectivity index (χ0) is 12.3. The van der Waals surface area contributed by atoms with Crippen molar-refractivity contribution in [2.24, 2.45) is 12.8 Å². The number of aryl methyl sites for hydroxylation is 1. The van der Waals surface area contributed by atoms with E-state index in [1.165, 1.54) is 0 Å². The second kappa shape index (κ2) is 5.57. The highest BCUT2D eigenvalue weighted by Crippen LogP contribution is 2.20. The average molecular weight is 239 g/mol. The quantitative estimate of drug-likeness (QED) is 0.785. The second-order valence-corrected chi connectivity index (χ2v) is 4.60. The molecule has 0 amide bonds. The SMILES string of the molecule is COC1CCN(Cc2nncn2C)C(CN)C1. The van der Waals surface area contributed by atoms with Crippen molar-refractivity contribution in [3.8, 4) is 0 Å². The fourth-order valence-corrected chi connectivity index (χ4v) is 2.36. The fraction of sp³-hybridized carbons (Fsp3) is 0.818. The molecule has 6 nitrogen and oxygen atoms in total. The Hall–Kier alpha value is -0.980. The predicted octanol–water partition coefficient (Wildman–Crippen LogP) is -0.247. The number of likely N-dealkylation sites (tertiary alicyclic amines) is 1. The van der Waals surface area contributed by atoms with Crippen LogP contribution in [0.2, 0.25) is 0 Å². The minimum absolute atomic E-state index is 0.347. The van der Waals surface area contributed by atoms with E-state index in [4.69, 9.17) is 10.5 Å². The van der Waals surface area contributed by atoms with Gasteiger partial charge in [-0.05, 0) is 12.8 Å². The molecular weight excluding hydrogens is 218 g/mol. The molecule has 17 heavy (non-hydrogen) atoms.